The Morgan fingerprint density at radius 1 is 1.07 bits per heavy atom. The van der Waals surface area contributed by atoms with Crippen molar-refractivity contribution in [2.75, 3.05) is 12.5 Å². The molecule has 0 unspecified atom stereocenters. The molecule has 0 radical (unpaired) electrons. The van der Waals surface area contributed by atoms with Crippen molar-refractivity contribution >= 4 is 45.1 Å². The second-order valence-electron chi connectivity index (χ2n) is 6.38. The molecule has 3 N–H and O–H groups in total. The molecule has 0 amide bonds. The van der Waals surface area contributed by atoms with E-state index in [1.54, 1.807) is 19.2 Å². The molecule has 3 heterocycles. The number of methoxy groups -OCH3 is 1. The van der Waals surface area contributed by atoms with E-state index >= 15 is 0 Å². The number of fused-ring (bicyclic) bond motifs is 4. The molecule has 0 atom stereocenters. The highest BCUT2D eigenvalue weighted by Crippen LogP contribution is 2.22. The number of hydrogen-bond donors (Lipinski definition) is 3. The summed E-state index contributed by atoms with van der Waals surface area (Å²) >= 11 is 0. The highest BCUT2D eigenvalue weighted by atomic mass is 16.5. The maximum absolute atomic E-state index is 12.3. The van der Waals surface area contributed by atoms with Gasteiger partial charge < -0.3 is 14.7 Å². The molecule has 0 aliphatic carbocycles. The molecule has 0 fully saturated rings. The Balaban J connectivity index is 1.42. The Morgan fingerprint density at radius 3 is 2.86 bits per heavy atom. The monoisotopic (exact) mass is 385 g/mol. The number of ether oxygens (including phenoxy) is 1. The Bertz CT molecular complexity index is 1450. The lowest BCUT2D eigenvalue weighted by atomic mass is 10.1. The molecule has 142 valence electrons. The van der Waals surface area contributed by atoms with E-state index in [2.05, 4.69) is 35.7 Å². The number of aromatic nitrogens is 5. The minimum absolute atomic E-state index is 0.224. The van der Waals surface area contributed by atoms with Crippen molar-refractivity contribution in [2.24, 2.45) is 5.10 Å². The molecule has 9 heteroatoms. The van der Waals surface area contributed by atoms with Crippen LogP contribution in [0.1, 0.15) is 5.56 Å². The van der Waals surface area contributed by atoms with E-state index in [0.717, 1.165) is 16.3 Å². The summed E-state index contributed by atoms with van der Waals surface area (Å²) in [5, 5.41) is 14.2. The van der Waals surface area contributed by atoms with E-state index in [1.807, 2.05) is 36.4 Å². The zero-order valence-electron chi connectivity index (χ0n) is 15.3. The third kappa shape index (κ3) is 3.04. The second kappa shape index (κ2) is 6.71. The lowest BCUT2D eigenvalue weighted by Crippen LogP contribution is -2.12. The van der Waals surface area contributed by atoms with Crippen LogP contribution in [0.25, 0.3) is 33.0 Å². The number of H-pyrrole nitrogens is 2. The number of benzene rings is 2. The van der Waals surface area contributed by atoms with Crippen molar-refractivity contribution in [1.29, 1.82) is 0 Å². The lowest BCUT2D eigenvalue weighted by Gasteiger charge is -2.03. The predicted octanol–water partition coefficient (Wildman–Crippen LogP) is 2.80. The topological polar surface area (TPSA) is 121 Å². The number of pyridine rings is 1. The SMILES string of the molecule is COc1ccc2cc(/C=N/Nc3nnc4c(n3)[nH]c3ccccc34)c(=O)[nH]c2c1. The van der Waals surface area contributed by atoms with Crippen molar-refractivity contribution in [3.63, 3.8) is 0 Å². The number of nitrogens with zero attached hydrogens (tertiary/aromatic N) is 4. The van der Waals surface area contributed by atoms with Crippen LogP contribution in [-0.4, -0.2) is 38.5 Å². The van der Waals surface area contributed by atoms with Crippen LogP contribution in [0.4, 0.5) is 5.95 Å². The van der Waals surface area contributed by atoms with E-state index in [0.29, 0.717) is 28.0 Å². The van der Waals surface area contributed by atoms with Gasteiger partial charge in [-0.05, 0) is 29.7 Å². The number of aromatic amines is 2. The quantitative estimate of drug-likeness (QED) is 0.323. The third-order valence-electron chi connectivity index (χ3n) is 4.57. The molecule has 5 aromatic rings. The van der Waals surface area contributed by atoms with Gasteiger partial charge in [0, 0.05) is 17.0 Å². The number of hydrogen-bond acceptors (Lipinski definition) is 7. The summed E-state index contributed by atoms with van der Waals surface area (Å²) in [6.45, 7) is 0. The molecular weight excluding hydrogens is 370 g/mol. The summed E-state index contributed by atoms with van der Waals surface area (Å²) < 4.78 is 5.18. The number of para-hydroxylation sites is 1. The van der Waals surface area contributed by atoms with Crippen LogP contribution in [0, 0.1) is 0 Å². The number of anilines is 1. The first-order valence-corrected chi connectivity index (χ1v) is 8.82. The predicted molar refractivity (Wildman–Crippen MR) is 112 cm³/mol. The molecule has 0 bridgehead atoms. The molecule has 29 heavy (non-hydrogen) atoms. The summed E-state index contributed by atoms with van der Waals surface area (Å²) in [6, 6.07) is 15.0. The van der Waals surface area contributed by atoms with Gasteiger partial charge in [0.25, 0.3) is 11.5 Å². The van der Waals surface area contributed by atoms with Crippen LogP contribution in [0.15, 0.2) is 58.4 Å². The van der Waals surface area contributed by atoms with Gasteiger partial charge in [-0.2, -0.15) is 10.1 Å². The number of hydrazone groups is 1. The third-order valence-corrected chi connectivity index (χ3v) is 4.57. The largest absolute Gasteiger partial charge is 0.497 e. The summed E-state index contributed by atoms with van der Waals surface area (Å²) in [5.74, 6) is 0.899. The first-order valence-electron chi connectivity index (χ1n) is 8.82. The molecule has 0 saturated heterocycles. The van der Waals surface area contributed by atoms with E-state index in [9.17, 15) is 4.79 Å². The van der Waals surface area contributed by atoms with Gasteiger partial charge in [-0.25, -0.2) is 5.43 Å². The van der Waals surface area contributed by atoms with Crippen molar-refractivity contribution < 1.29 is 4.74 Å². The Morgan fingerprint density at radius 2 is 1.97 bits per heavy atom. The van der Waals surface area contributed by atoms with Gasteiger partial charge in [0.05, 0.1) is 24.4 Å². The van der Waals surface area contributed by atoms with E-state index in [4.69, 9.17) is 4.74 Å². The summed E-state index contributed by atoms with van der Waals surface area (Å²) in [7, 11) is 1.58. The standard InChI is InChI=1S/C20H15N7O2/c1-29-13-7-6-11-8-12(19(28)23-16(11)9-13)10-21-26-20-24-18-17(25-27-20)14-4-2-3-5-15(14)22-18/h2-10H,1H3,(H,23,28)(H2,22,24,26,27)/b21-10+. The fourth-order valence-corrected chi connectivity index (χ4v) is 3.15. The molecular formula is C20H15N7O2. The average Bonchev–Trinajstić information content (AvgIpc) is 3.11. The van der Waals surface area contributed by atoms with Crippen molar-refractivity contribution in [3.8, 4) is 5.75 Å². The smallest absolute Gasteiger partial charge is 0.265 e. The maximum atomic E-state index is 12.3. The van der Waals surface area contributed by atoms with E-state index in [1.165, 1.54) is 6.21 Å². The number of rotatable bonds is 4. The minimum atomic E-state index is -0.263. The van der Waals surface area contributed by atoms with Crippen LogP contribution in [0.3, 0.4) is 0 Å². The molecule has 0 saturated carbocycles. The van der Waals surface area contributed by atoms with Crippen LogP contribution < -0.4 is 15.7 Å². The molecule has 0 aliphatic heterocycles. The fourth-order valence-electron chi connectivity index (χ4n) is 3.15. The van der Waals surface area contributed by atoms with Crippen LogP contribution in [0.5, 0.6) is 5.75 Å². The first kappa shape index (κ1) is 16.9. The Kier molecular flexibility index (Phi) is 3.91. The van der Waals surface area contributed by atoms with Crippen molar-refractivity contribution in [2.45, 2.75) is 0 Å². The lowest BCUT2D eigenvalue weighted by molar-refractivity contribution is 0.415. The molecule has 2 aromatic carbocycles. The molecule has 5 rings (SSSR count). The molecule has 9 nitrogen and oxygen atoms in total. The minimum Gasteiger partial charge on any atom is -0.497 e. The molecule has 0 aliphatic rings. The molecule has 3 aromatic heterocycles. The van der Waals surface area contributed by atoms with Gasteiger partial charge in [0.15, 0.2) is 5.65 Å². The Labute approximate surface area is 163 Å². The highest BCUT2D eigenvalue weighted by Gasteiger charge is 2.08. The van der Waals surface area contributed by atoms with Crippen LogP contribution >= 0.6 is 0 Å². The highest BCUT2D eigenvalue weighted by molar-refractivity contribution is 6.03. The zero-order chi connectivity index (χ0) is 19.8. The molecule has 0 spiro atoms. The zero-order valence-corrected chi connectivity index (χ0v) is 15.3. The fraction of sp³-hybridized carbons (Fsp3) is 0.0500. The van der Waals surface area contributed by atoms with Crippen LogP contribution in [0.2, 0.25) is 0 Å². The normalized spacial score (nSPS) is 11.6. The van der Waals surface area contributed by atoms with Crippen molar-refractivity contribution in [3.05, 3.63) is 64.4 Å². The maximum Gasteiger partial charge on any atom is 0.265 e. The summed E-state index contributed by atoms with van der Waals surface area (Å²) in [6.07, 6.45) is 1.42. The first-order chi connectivity index (χ1) is 14.2. The summed E-state index contributed by atoms with van der Waals surface area (Å²) in [5.41, 5.74) is 5.78. The van der Waals surface area contributed by atoms with Gasteiger partial charge >= 0.3 is 0 Å². The van der Waals surface area contributed by atoms with E-state index < -0.39 is 0 Å². The Hall–Kier alpha value is -4.27. The summed E-state index contributed by atoms with van der Waals surface area (Å²) in [4.78, 5) is 22.7. The van der Waals surface area contributed by atoms with Crippen molar-refractivity contribution in [1.82, 2.24) is 25.1 Å². The van der Waals surface area contributed by atoms with Gasteiger partial charge in [0.1, 0.15) is 11.3 Å². The van der Waals surface area contributed by atoms with E-state index in [-0.39, 0.29) is 11.5 Å². The average molecular weight is 385 g/mol. The van der Waals surface area contributed by atoms with Crippen LogP contribution in [-0.2, 0) is 0 Å². The number of nitrogens with one attached hydrogen (secondary N) is 3. The second-order valence-corrected chi connectivity index (χ2v) is 6.38. The van der Waals surface area contributed by atoms with Gasteiger partial charge in [-0.1, -0.05) is 18.2 Å². The van der Waals surface area contributed by atoms with Gasteiger partial charge in [-0.3, -0.25) is 4.79 Å². The van der Waals surface area contributed by atoms with Gasteiger partial charge in [-0.15, -0.1) is 10.2 Å². The van der Waals surface area contributed by atoms with Gasteiger partial charge in [0.2, 0.25) is 0 Å².